The first kappa shape index (κ1) is 12.3. The van der Waals surface area contributed by atoms with E-state index in [1.165, 1.54) is 7.11 Å². The molecular formula is C11H16N2O3. The molecule has 0 radical (unpaired) electrons. The van der Waals surface area contributed by atoms with Crippen molar-refractivity contribution in [1.29, 1.82) is 0 Å². The maximum absolute atomic E-state index is 11.2. The Hall–Kier alpha value is -1.78. The Balaban J connectivity index is 2.81. The van der Waals surface area contributed by atoms with Gasteiger partial charge in [0.05, 0.1) is 14.2 Å². The number of hydrogen-bond acceptors (Lipinski definition) is 5. The van der Waals surface area contributed by atoms with Crippen LogP contribution >= 0.6 is 0 Å². The van der Waals surface area contributed by atoms with Crippen molar-refractivity contribution in [1.82, 2.24) is 4.98 Å². The Morgan fingerprint density at radius 2 is 2.25 bits per heavy atom. The molecule has 16 heavy (non-hydrogen) atoms. The summed E-state index contributed by atoms with van der Waals surface area (Å²) < 4.78 is 9.66. The summed E-state index contributed by atoms with van der Waals surface area (Å²) in [6.07, 6.45) is 1.65. The van der Waals surface area contributed by atoms with Crippen molar-refractivity contribution in [3.8, 4) is 5.88 Å². The molecule has 0 aliphatic carbocycles. The first-order valence-electron chi connectivity index (χ1n) is 5.03. The lowest BCUT2D eigenvalue weighted by atomic mass is 10.3. The van der Waals surface area contributed by atoms with Crippen molar-refractivity contribution in [2.45, 2.75) is 6.92 Å². The van der Waals surface area contributed by atoms with Crippen LogP contribution in [0.15, 0.2) is 18.3 Å². The van der Waals surface area contributed by atoms with Gasteiger partial charge in [0, 0.05) is 24.5 Å². The molecule has 5 nitrogen and oxygen atoms in total. The lowest BCUT2D eigenvalue weighted by Crippen LogP contribution is -2.30. The summed E-state index contributed by atoms with van der Waals surface area (Å²) in [4.78, 5) is 17.1. The summed E-state index contributed by atoms with van der Waals surface area (Å²) in [5, 5.41) is 0. The summed E-state index contributed by atoms with van der Waals surface area (Å²) in [6, 6.07) is 3.61. The van der Waals surface area contributed by atoms with Crippen molar-refractivity contribution < 1.29 is 14.3 Å². The number of likely N-dealkylation sites (N-methyl/N-ethyl adjacent to an activating group) is 1. The lowest BCUT2D eigenvalue weighted by molar-refractivity contribution is -0.138. The molecular weight excluding hydrogens is 208 g/mol. The molecule has 0 saturated carbocycles. The van der Waals surface area contributed by atoms with E-state index < -0.39 is 0 Å². The van der Waals surface area contributed by atoms with Gasteiger partial charge in [0.15, 0.2) is 0 Å². The molecule has 0 unspecified atom stereocenters. The van der Waals surface area contributed by atoms with Crippen molar-refractivity contribution >= 4 is 11.7 Å². The quantitative estimate of drug-likeness (QED) is 0.701. The smallest absolute Gasteiger partial charge is 0.325 e. The van der Waals surface area contributed by atoms with E-state index in [1.54, 1.807) is 19.4 Å². The van der Waals surface area contributed by atoms with E-state index in [-0.39, 0.29) is 12.5 Å². The SMILES string of the molecule is CCN(CC(=O)OC)c1ccnc(OC)c1. The van der Waals surface area contributed by atoms with Gasteiger partial charge in [-0.3, -0.25) is 4.79 Å². The number of hydrogen-bond donors (Lipinski definition) is 0. The minimum absolute atomic E-state index is 0.222. The highest BCUT2D eigenvalue weighted by atomic mass is 16.5. The Morgan fingerprint density at radius 3 is 2.81 bits per heavy atom. The maximum Gasteiger partial charge on any atom is 0.325 e. The zero-order valence-corrected chi connectivity index (χ0v) is 9.77. The standard InChI is InChI=1S/C11H16N2O3/c1-4-13(8-11(14)16-3)9-5-6-12-10(7-9)15-2/h5-7H,4,8H2,1-3H3. The maximum atomic E-state index is 11.2. The van der Waals surface area contributed by atoms with Gasteiger partial charge in [-0.2, -0.15) is 0 Å². The first-order chi connectivity index (χ1) is 7.71. The van der Waals surface area contributed by atoms with E-state index in [4.69, 9.17) is 4.74 Å². The van der Waals surface area contributed by atoms with Crippen molar-refractivity contribution in [3.63, 3.8) is 0 Å². The van der Waals surface area contributed by atoms with Crippen LogP contribution in [0, 0.1) is 0 Å². The van der Waals surface area contributed by atoms with E-state index in [9.17, 15) is 4.79 Å². The highest BCUT2D eigenvalue weighted by molar-refractivity contribution is 5.75. The molecule has 88 valence electrons. The Morgan fingerprint density at radius 1 is 1.50 bits per heavy atom. The Labute approximate surface area is 95.0 Å². The largest absolute Gasteiger partial charge is 0.481 e. The number of nitrogens with zero attached hydrogens (tertiary/aromatic N) is 2. The van der Waals surface area contributed by atoms with E-state index in [1.807, 2.05) is 17.9 Å². The Bertz CT molecular complexity index is 355. The minimum atomic E-state index is -0.266. The molecule has 0 amide bonds. The van der Waals surface area contributed by atoms with E-state index in [2.05, 4.69) is 9.72 Å². The average Bonchev–Trinajstić information content (AvgIpc) is 2.35. The van der Waals surface area contributed by atoms with Gasteiger partial charge in [-0.05, 0) is 13.0 Å². The number of anilines is 1. The molecule has 0 N–H and O–H groups in total. The second-order valence-corrected chi connectivity index (χ2v) is 3.15. The van der Waals surface area contributed by atoms with Gasteiger partial charge in [-0.1, -0.05) is 0 Å². The minimum Gasteiger partial charge on any atom is -0.481 e. The fraction of sp³-hybridized carbons (Fsp3) is 0.455. The van der Waals surface area contributed by atoms with Gasteiger partial charge < -0.3 is 14.4 Å². The number of carbonyl (C=O) groups is 1. The van der Waals surface area contributed by atoms with Gasteiger partial charge in [-0.25, -0.2) is 4.98 Å². The second kappa shape index (κ2) is 5.95. The molecule has 0 spiro atoms. The summed E-state index contributed by atoms with van der Waals surface area (Å²) in [5.74, 6) is 0.262. The second-order valence-electron chi connectivity index (χ2n) is 3.15. The molecule has 0 saturated heterocycles. The van der Waals surface area contributed by atoms with Crippen molar-refractivity contribution in [2.75, 3.05) is 32.2 Å². The molecule has 1 heterocycles. The van der Waals surface area contributed by atoms with E-state index in [0.29, 0.717) is 12.4 Å². The summed E-state index contributed by atoms with van der Waals surface area (Å²) in [6.45, 7) is 2.90. The molecule has 1 aromatic rings. The van der Waals surface area contributed by atoms with E-state index >= 15 is 0 Å². The van der Waals surface area contributed by atoms with Crippen LogP contribution in [0.25, 0.3) is 0 Å². The number of carbonyl (C=O) groups excluding carboxylic acids is 1. The highest BCUT2D eigenvalue weighted by Crippen LogP contribution is 2.18. The summed E-state index contributed by atoms with van der Waals surface area (Å²) in [5.41, 5.74) is 0.889. The molecule has 0 atom stereocenters. The molecule has 0 fully saturated rings. The van der Waals surface area contributed by atoms with Crippen LogP contribution in [-0.4, -0.2) is 38.3 Å². The zero-order valence-electron chi connectivity index (χ0n) is 9.77. The van der Waals surface area contributed by atoms with Gasteiger partial charge >= 0.3 is 5.97 Å². The van der Waals surface area contributed by atoms with E-state index in [0.717, 1.165) is 5.69 Å². The number of ether oxygens (including phenoxy) is 2. The van der Waals surface area contributed by atoms with Gasteiger partial charge in [0.1, 0.15) is 6.54 Å². The zero-order chi connectivity index (χ0) is 12.0. The third-order valence-electron chi connectivity index (χ3n) is 2.22. The van der Waals surface area contributed by atoms with Crippen LogP contribution in [0.1, 0.15) is 6.92 Å². The van der Waals surface area contributed by atoms with Gasteiger partial charge in [0.25, 0.3) is 0 Å². The van der Waals surface area contributed by atoms with Crippen LogP contribution < -0.4 is 9.64 Å². The van der Waals surface area contributed by atoms with Crippen molar-refractivity contribution in [3.05, 3.63) is 18.3 Å². The number of rotatable bonds is 5. The number of esters is 1. The van der Waals surface area contributed by atoms with Gasteiger partial charge in [0.2, 0.25) is 5.88 Å². The topological polar surface area (TPSA) is 51.7 Å². The number of pyridine rings is 1. The molecule has 1 aromatic heterocycles. The summed E-state index contributed by atoms with van der Waals surface area (Å²) in [7, 11) is 2.94. The molecule has 0 bridgehead atoms. The van der Waals surface area contributed by atoms with Crippen LogP contribution in [0.5, 0.6) is 5.88 Å². The molecule has 0 aliphatic rings. The van der Waals surface area contributed by atoms with Crippen LogP contribution in [0.2, 0.25) is 0 Å². The number of methoxy groups -OCH3 is 2. The fourth-order valence-electron chi connectivity index (χ4n) is 1.31. The van der Waals surface area contributed by atoms with Crippen molar-refractivity contribution in [2.24, 2.45) is 0 Å². The number of aromatic nitrogens is 1. The third-order valence-corrected chi connectivity index (χ3v) is 2.22. The molecule has 5 heteroatoms. The predicted molar refractivity (Wildman–Crippen MR) is 60.7 cm³/mol. The molecule has 0 aliphatic heterocycles. The lowest BCUT2D eigenvalue weighted by Gasteiger charge is -2.21. The molecule has 0 aromatic carbocycles. The van der Waals surface area contributed by atoms with Gasteiger partial charge in [-0.15, -0.1) is 0 Å². The first-order valence-corrected chi connectivity index (χ1v) is 5.03. The van der Waals surface area contributed by atoms with Crippen LogP contribution in [-0.2, 0) is 9.53 Å². The Kier molecular flexibility index (Phi) is 4.57. The fourth-order valence-corrected chi connectivity index (χ4v) is 1.31. The third kappa shape index (κ3) is 3.12. The predicted octanol–water partition coefficient (Wildman–Crippen LogP) is 1.09. The van der Waals surface area contributed by atoms with Crippen LogP contribution in [0.4, 0.5) is 5.69 Å². The normalized spacial score (nSPS) is 9.69. The average molecular weight is 224 g/mol. The molecule has 1 rings (SSSR count). The van der Waals surface area contributed by atoms with Crippen LogP contribution in [0.3, 0.4) is 0 Å². The highest BCUT2D eigenvalue weighted by Gasteiger charge is 2.10. The summed E-state index contributed by atoms with van der Waals surface area (Å²) >= 11 is 0. The monoisotopic (exact) mass is 224 g/mol.